The summed E-state index contributed by atoms with van der Waals surface area (Å²) in [5.74, 6) is -0.194. The summed E-state index contributed by atoms with van der Waals surface area (Å²) in [5, 5.41) is 3.84. The van der Waals surface area contributed by atoms with E-state index in [4.69, 9.17) is 9.96 Å². The van der Waals surface area contributed by atoms with E-state index in [1.54, 1.807) is 4.90 Å². The molecule has 2 aromatic carbocycles. The summed E-state index contributed by atoms with van der Waals surface area (Å²) in [6.07, 6.45) is 3.89. The van der Waals surface area contributed by atoms with Gasteiger partial charge in [-0.25, -0.2) is 0 Å². The molecule has 6 nitrogen and oxygen atoms in total. The van der Waals surface area contributed by atoms with Gasteiger partial charge in [0.05, 0.1) is 12.6 Å². The largest absolute Gasteiger partial charge is 0.412 e. The molecule has 0 N–H and O–H groups in total. The van der Waals surface area contributed by atoms with Crippen molar-refractivity contribution in [3.8, 4) is 0 Å². The molecule has 1 amide bonds. The summed E-state index contributed by atoms with van der Waals surface area (Å²) < 4.78 is 6.41. The van der Waals surface area contributed by atoms with Crippen LogP contribution >= 0.6 is 0 Å². The summed E-state index contributed by atoms with van der Waals surface area (Å²) >= 11 is 0. The average molecular weight is 435 g/mol. The smallest absolute Gasteiger partial charge is 0.239 e. The molecule has 0 saturated carbocycles. The average Bonchev–Trinajstić information content (AvgIpc) is 2.73. The van der Waals surface area contributed by atoms with Crippen LogP contribution in [0.1, 0.15) is 31.9 Å². The lowest BCUT2D eigenvalue weighted by Gasteiger charge is -2.44. The molecule has 2 atom stereocenters. The van der Waals surface area contributed by atoms with Crippen LogP contribution in [0.3, 0.4) is 0 Å². The number of nitrogens with zero attached hydrogens (tertiary/aromatic N) is 4. The molecule has 0 spiro atoms. The number of rotatable bonds is 7. The molecular weight excluding hydrogens is 404 g/mol. The molecule has 0 bridgehead atoms. The number of β-lactam (4-membered cyclic amide) rings is 1. The Balaban J connectivity index is 1.89. The first kappa shape index (κ1) is 22.8. The minimum atomic E-state index is -1.94. The van der Waals surface area contributed by atoms with Gasteiger partial charge in [-0.2, -0.15) is 0 Å². The number of carbonyl (C=O) groups excluding carboxylic acids is 1. The molecule has 2 unspecified atom stereocenters. The highest BCUT2D eigenvalue weighted by Gasteiger charge is 2.47. The van der Waals surface area contributed by atoms with Crippen molar-refractivity contribution in [2.75, 3.05) is 4.90 Å². The van der Waals surface area contributed by atoms with Gasteiger partial charge in [-0.3, -0.25) is 4.79 Å². The first-order chi connectivity index (χ1) is 14.7. The van der Waals surface area contributed by atoms with E-state index in [2.05, 4.69) is 43.9 Å². The molecule has 3 rings (SSSR count). The van der Waals surface area contributed by atoms with Crippen LogP contribution in [0.15, 0.2) is 65.8 Å². The third-order valence-electron chi connectivity index (χ3n) is 6.22. The second-order valence-electron chi connectivity index (χ2n) is 9.30. The second kappa shape index (κ2) is 9.10. The Bertz CT molecular complexity index is 1010. The van der Waals surface area contributed by atoms with E-state index in [9.17, 15) is 4.79 Å². The fraction of sp³-hybridized carbons (Fsp3) is 0.375. The van der Waals surface area contributed by atoms with Crippen LogP contribution in [0.4, 0.5) is 5.69 Å². The minimum Gasteiger partial charge on any atom is -0.412 e. The van der Waals surface area contributed by atoms with Gasteiger partial charge in [0.15, 0.2) is 8.32 Å². The van der Waals surface area contributed by atoms with Gasteiger partial charge in [-0.1, -0.05) is 86.6 Å². The summed E-state index contributed by atoms with van der Waals surface area (Å²) in [6.45, 7) is 11.5. The molecule has 0 aliphatic carbocycles. The van der Waals surface area contributed by atoms with Crippen LogP contribution < -0.4 is 4.90 Å². The van der Waals surface area contributed by atoms with E-state index in [0.717, 1.165) is 16.8 Å². The predicted octanol–water partition coefficient (Wildman–Crippen LogP) is 6.32. The van der Waals surface area contributed by atoms with Gasteiger partial charge in [-0.05, 0) is 35.3 Å². The number of para-hydroxylation sites is 1. The summed E-state index contributed by atoms with van der Waals surface area (Å²) in [4.78, 5) is 17.5. The van der Waals surface area contributed by atoms with E-state index in [1.165, 1.54) is 0 Å². The number of benzene rings is 2. The molecule has 31 heavy (non-hydrogen) atoms. The number of azide groups is 1. The highest BCUT2D eigenvalue weighted by Crippen LogP contribution is 2.39. The van der Waals surface area contributed by atoms with E-state index >= 15 is 0 Å². The highest BCUT2D eigenvalue weighted by molar-refractivity contribution is 6.74. The third kappa shape index (κ3) is 4.90. The molecule has 1 aliphatic rings. The standard InChI is InChI=1S/C24H30N4O2Si/c1-24(2,3)31(4,5)30-17-19-13-9-10-14-20(19)28-21(22(23(28)29)26-27-25)16-15-18-11-7-6-8-12-18/h6-16,21-22H,17H2,1-5H3. The first-order valence-corrected chi connectivity index (χ1v) is 13.4. The Kier molecular flexibility index (Phi) is 6.70. The van der Waals surface area contributed by atoms with Gasteiger partial charge in [-0.15, -0.1) is 0 Å². The Morgan fingerprint density at radius 1 is 1.13 bits per heavy atom. The highest BCUT2D eigenvalue weighted by atomic mass is 28.4. The fourth-order valence-corrected chi connectivity index (χ4v) is 4.20. The first-order valence-electron chi connectivity index (χ1n) is 10.5. The van der Waals surface area contributed by atoms with Crippen LogP contribution in [0, 0.1) is 0 Å². The van der Waals surface area contributed by atoms with Crippen molar-refractivity contribution in [2.24, 2.45) is 5.11 Å². The molecule has 1 saturated heterocycles. The maximum atomic E-state index is 12.9. The van der Waals surface area contributed by atoms with Crippen LogP contribution in [0.2, 0.25) is 18.1 Å². The van der Waals surface area contributed by atoms with Gasteiger partial charge in [0.2, 0.25) is 5.91 Å². The Morgan fingerprint density at radius 3 is 2.42 bits per heavy atom. The van der Waals surface area contributed by atoms with Gasteiger partial charge in [0, 0.05) is 16.2 Å². The SMILES string of the molecule is CC(C)(C)[Si](C)(C)OCc1ccccc1N1C(=O)C(N=[N+]=[N-])C1C=Cc1ccccc1. The molecule has 1 aliphatic heterocycles. The summed E-state index contributed by atoms with van der Waals surface area (Å²) in [7, 11) is -1.94. The Morgan fingerprint density at radius 2 is 1.77 bits per heavy atom. The number of hydrogen-bond acceptors (Lipinski definition) is 3. The molecule has 7 heteroatoms. The molecule has 0 radical (unpaired) electrons. The summed E-state index contributed by atoms with van der Waals surface area (Å²) in [6, 6.07) is 16.6. The lowest BCUT2D eigenvalue weighted by molar-refractivity contribution is -0.125. The molecule has 162 valence electrons. The van der Waals surface area contributed by atoms with E-state index in [-0.39, 0.29) is 17.0 Å². The molecule has 0 aromatic heterocycles. The predicted molar refractivity (Wildman–Crippen MR) is 128 cm³/mol. The van der Waals surface area contributed by atoms with Crippen LogP contribution in [0.25, 0.3) is 16.5 Å². The fourth-order valence-electron chi connectivity index (χ4n) is 3.25. The Labute approximate surface area is 185 Å². The zero-order valence-electron chi connectivity index (χ0n) is 18.8. The maximum Gasteiger partial charge on any atom is 0.239 e. The van der Waals surface area contributed by atoms with Crippen molar-refractivity contribution in [3.63, 3.8) is 0 Å². The second-order valence-corrected chi connectivity index (χ2v) is 14.1. The van der Waals surface area contributed by atoms with Gasteiger partial charge in [0.25, 0.3) is 0 Å². The van der Waals surface area contributed by atoms with Gasteiger partial charge < -0.3 is 9.33 Å². The van der Waals surface area contributed by atoms with Crippen LogP contribution in [0.5, 0.6) is 0 Å². The molecular formula is C24H30N4O2Si. The van der Waals surface area contributed by atoms with Crippen molar-refractivity contribution < 1.29 is 9.22 Å². The van der Waals surface area contributed by atoms with Crippen molar-refractivity contribution in [2.45, 2.75) is 57.6 Å². The van der Waals surface area contributed by atoms with Crippen molar-refractivity contribution in [1.29, 1.82) is 0 Å². The summed E-state index contributed by atoms with van der Waals surface area (Å²) in [5.41, 5.74) is 11.7. The van der Waals surface area contributed by atoms with E-state index in [0.29, 0.717) is 6.61 Å². The quantitative estimate of drug-likeness (QED) is 0.168. The number of hydrogen-bond donors (Lipinski definition) is 0. The van der Waals surface area contributed by atoms with Crippen molar-refractivity contribution in [1.82, 2.24) is 0 Å². The van der Waals surface area contributed by atoms with E-state index < -0.39 is 14.4 Å². The lowest BCUT2D eigenvalue weighted by atomic mass is 9.92. The van der Waals surface area contributed by atoms with Crippen LogP contribution in [-0.2, 0) is 15.8 Å². The molecule has 2 aromatic rings. The van der Waals surface area contributed by atoms with E-state index in [1.807, 2.05) is 66.7 Å². The minimum absolute atomic E-state index is 0.0993. The number of carbonyl (C=O) groups is 1. The number of anilines is 1. The number of amides is 1. The van der Waals surface area contributed by atoms with Crippen molar-refractivity contribution in [3.05, 3.63) is 82.2 Å². The normalized spacial score (nSPS) is 19.3. The molecule has 1 heterocycles. The monoisotopic (exact) mass is 434 g/mol. The van der Waals surface area contributed by atoms with Crippen molar-refractivity contribution >= 4 is 26.0 Å². The third-order valence-corrected chi connectivity index (χ3v) is 10.7. The zero-order valence-corrected chi connectivity index (χ0v) is 19.8. The topological polar surface area (TPSA) is 78.3 Å². The Hall–Kier alpha value is -2.86. The lowest BCUT2D eigenvalue weighted by Crippen LogP contribution is -2.63. The zero-order chi connectivity index (χ0) is 22.6. The van der Waals surface area contributed by atoms with Gasteiger partial charge in [0.1, 0.15) is 6.04 Å². The maximum absolute atomic E-state index is 12.9. The van der Waals surface area contributed by atoms with Crippen LogP contribution in [-0.4, -0.2) is 26.3 Å². The molecule has 1 fully saturated rings. The van der Waals surface area contributed by atoms with Gasteiger partial charge >= 0.3 is 0 Å².